The van der Waals surface area contributed by atoms with Gasteiger partial charge in [-0.1, -0.05) is 0 Å². The van der Waals surface area contributed by atoms with Gasteiger partial charge in [0.2, 0.25) is 5.91 Å². The number of morpholine rings is 2. The Balaban J connectivity index is 0.000000122. The summed E-state index contributed by atoms with van der Waals surface area (Å²) in [6.45, 7) is 12.7. The summed E-state index contributed by atoms with van der Waals surface area (Å²) in [6, 6.07) is 9.16. The molecule has 6 fully saturated rings. The second-order valence-corrected chi connectivity index (χ2v) is 33.9. The standard InChI is InChI=1S/C20H21F3N8O.C18H20F3N7.C17H18F3N7O.C17H18F3N7.C16H16F3N7O/c21-20(22,23)15-11-31-14(8-27-17(31)9-26-15)19-25-4-3-16(28-19)30-6-1-2-13(10-30)29-7-5-24-18(32)12-29;19-18(20,21)14-11-28-13(8-25-16(28)9-24-14)17-23-6-4-15(26-17)27-7-1-2-12(10-27)3-5-22;18-17(19,20)13-10-27-12(7-24-15(27)8-23-13)16-22-4-2-14(25-16)26-5-6-28-11(9-26)1-3-21;18-17(19,20)13-10-27-12(8-24-15(27)9-23-13)16-22-4-1-14(25-16)26-5-2-11(7-21)3-6-26;17-16(18,19)12-9-26-11(6-23-14(26)7-22-12)15-21-2-1-13(24-15)25-3-4-27-10(5-20)8-25/h3-4,8-9,11,13H,1-2,5-7,10,12H2,(H,24,32);4,6,8-9,11-12H,1-3,5,7,10,22H2;2,4,7-8,10-11H,1,3,5-6,9,21H2;1,4,8-11H,2-3,5-7,21H2;1-2,6-7,9-10H,3-5,8,20H2. The van der Waals surface area contributed by atoms with Gasteiger partial charge in [-0.25, -0.2) is 99.7 Å². The minimum Gasteiger partial charge on any atom is -0.374 e. The van der Waals surface area contributed by atoms with E-state index in [4.69, 9.17) is 32.4 Å². The molecular formula is C88H93F15N36O3. The quantitative estimate of drug-likeness (QED) is 0.0529. The van der Waals surface area contributed by atoms with Gasteiger partial charge in [0.05, 0.1) is 93.9 Å². The third-order valence-electron chi connectivity index (χ3n) is 24.5. The van der Waals surface area contributed by atoms with E-state index in [0.29, 0.717) is 159 Å². The molecule has 0 bridgehead atoms. The molecule has 6 aliphatic heterocycles. The lowest BCUT2D eigenvalue weighted by Crippen LogP contribution is -2.56. The summed E-state index contributed by atoms with van der Waals surface area (Å²) in [5.41, 5.74) is 21.0. The summed E-state index contributed by atoms with van der Waals surface area (Å²) in [7, 11) is 0. The lowest BCUT2D eigenvalue weighted by atomic mass is 9.95. The first-order valence-corrected chi connectivity index (χ1v) is 45.2. The number of carbonyl (C=O) groups is 1. The van der Waals surface area contributed by atoms with Crippen LogP contribution < -0.4 is 52.8 Å². The van der Waals surface area contributed by atoms with Crippen molar-refractivity contribution >= 4 is 63.2 Å². The number of piperidine rings is 3. The van der Waals surface area contributed by atoms with E-state index in [2.05, 4.69) is 129 Å². The zero-order chi connectivity index (χ0) is 99.8. The fraction of sp³-hybridized carbons (Fsp3) is 0.420. The number of halogens is 15. The highest BCUT2D eigenvalue weighted by molar-refractivity contribution is 5.79. The number of nitrogens with one attached hydrogen (secondary N) is 1. The number of fused-ring (bicyclic) bond motifs is 5. The minimum absolute atomic E-state index is 0.0216. The number of alkyl halides is 15. The van der Waals surface area contributed by atoms with Gasteiger partial charge < -0.3 is 62.2 Å². The molecule has 6 aliphatic rings. The third-order valence-corrected chi connectivity index (χ3v) is 24.5. The average molecular weight is 1990 g/mol. The highest BCUT2D eigenvalue weighted by atomic mass is 19.4. The molecule has 0 aliphatic carbocycles. The smallest absolute Gasteiger partial charge is 0.374 e. The van der Waals surface area contributed by atoms with Crippen LogP contribution in [0, 0.1) is 11.8 Å². The van der Waals surface area contributed by atoms with E-state index in [1.165, 1.54) is 53.0 Å². The molecule has 39 nitrogen and oxygen atoms in total. The molecule has 15 aromatic heterocycles. The number of amides is 1. The Bertz CT molecular complexity index is 6700. The molecule has 0 radical (unpaired) electrons. The number of aromatic nitrogens is 25. The maximum absolute atomic E-state index is 13.1. The van der Waals surface area contributed by atoms with E-state index in [-0.39, 0.29) is 58.6 Å². The molecule has 15 aromatic rings. The number of rotatable bonds is 17. The molecule has 21 rings (SSSR count). The Hall–Kier alpha value is -14.4. The summed E-state index contributed by atoms with van der Waals surface area (Å²) >= 11 is 0. The van der Waals surface area contributed by atoms with Crippen molar-refractivity contribution in [2.45, 2.75) is 100 Å². The van der Waals surface area contributed by atoms with Crippen molar-refractivity contribution in [2.24, 2.45) is 34.8 Å². The van der Waals surface area contributed by atoms with Gasteiger partial charge in [-0.05, 0) is 113 Å². The Labute approximate surface area is 796 Å². The van der Waals surface area contributed by atoms with Crippen LogP contribution in [0.2, 0.25) is 0 Å². The molecule has 4 unspecified atom stereocenters. The van der Waals surface area contributed by atoms with Crippen LogP contribution in [0.15, 0.2) is 154 Å². The van der Waals surface area contributed by atoms with Crippen molar-refractivity contribution in [3.8, 4) is 57.6 Å². The molecule has 4 atom stereocenters. The fourth-order valence-electron chi connectivity index (χ4n) is 17.2. The average Bonchev–Trinajstić information content (AvgIpc) is 1.64. The first-order chi connectivity index (χ1) is 68.2. The van der Waals surface area contributed by atoms with Crippen LogP contribution in [-0.2, 0) is 45.1 Å². The number of hydrogen-bond acceptors (Lipinski definition) is 33. The van der Waals surface area contributed by atoms with Gasteiger partial charge in [0.1, 0.15) is 57.6 Å². The molecule has 6 saturated heterocycles. The third kappa shape index (κ3) is 23.3. The Morgan fingerprint density at radius 1 is 0.331 bits per heavy atom. The lowest BCUT2D eigenvalue weighted by Gasteiger charge is -2.41. The minimum atomic E-state index is -4.56. The SMILES string of the molecule is NCC1CCN(c2ccnc(-c3cnc4cnc(C(F)(F)F)cn34)n2)CC1.NCC1CN(c2ccnc(-c3cnc4cnc(C(F)(F)F)cn34)n2)CCO1.NCCC1CCCN(c2ccnc(-c3cnc4cnc(C(F)(F)F)cn34)n2)C1.NCCC1CN(c2ccnc(-c3cnc4cnc(C(F)(F)F)cn34)n2)CCO1.O=C1CN(C2CCCN(c3ccnc(-c4cnc5cnc(C(F)(F)F)cn45)n3)C2)CCN1. The second kappa shape index (κ2) is 42.6. The topological polar surface area (TPSA) is 451 Å². The van der Waals surface area contributed by atoms with Gasteiger partial charge in [0.25, 0.3) is 0 Å². The van der Waals surface area contributed by atoms with Crippen molar-refractivity contribution in [3.63, 3.8) is 0 Å². The van der Waals surface area contributed by atoms with Gasteiger partial charge in [-0.3, -0.25) is 31.7 Å². The van der Waals surface area contributed by atoms with Crippen molar-refractivity contribution in [1.82, 2.24) is 132 Å². The van der Waals surface area contributed by atoms with E-state index >= 15 is 0 Å². The highest BCUT2D eigenvalue weighted by Gasteiger charge is 2.40. The molecular weight excluding hydrogens is 1890 g/mol. The number of carbonyl (C=O) groups excluding carboxylic acids is 1. The monoisotopic (exact) mass is 1990 g/mol. The number of piperazine rings is 1. The van der Waals surface area contributed by atoms with Crippen LogP contribution in [0.4, 0.5) is 94.9 Å². The summed E-state index contributed by atoms with van der Waals surface area (Å²) in [6.07, 6.45) is 10.2. The van der Waals surface area contributed by atoms with Crippen LogP contribution >= 0.6 is 0 Å². The largest absolute Gasteiger partial charge is 0.434 e. The Morgan fingerprint density at radius 2 is 0.655 bits per heavy atom. The predicted octanol–water partition coefficient (Wildman–Crippen LogP) is 9.88. The van der Waals surface area contributed by atoms with Crippen molar-refractivity contribution in [2.75, 3.05) is 149 Å². The fourth-order valence-corrected chi connectivity index (χ4v) is 17.2. The molecule has 21 heterocycles. The summed E-state index contributed by atoms with van der Waals surface area (Å²) in [5, 5.41) is 2.85. The number of imidazole rings is 5. The molecule has 9 N–H and O–H groups in total. The zero-order valence-electron chi connectivity index (χ0n) is 75.5. The highest BCUT2D eigenvalue weighted by Crippen LogP contribution is 2.38. The summed E-state index contributed by atoms with van der Waals surface area (Å²) in [4.78, 5) is 106. The maximum Gasteiger partial charge on any atom is 0.434 e. The first kappa shape index (κ1) is 99.2. The van der Waals surface area contributed by atoms with Crippen LogP contribution in [0.5, 0.6) is 0 Å². The number of hydrogen-bond donors (Lipinski definition) is 5. The van der Waals surface area contributed by atoms with Gasteiger partial charge >= 0.3 is 30.9 Å². The second-order valence-electron chi connectivity index (χ2n) is 33.9. The predicted molar refractivity (Wildman–Crippen MR) is 484 cm³/mol. The van der Waals surface area contributed by atoms with E-state index in [1.807, 2.05) is 11.0 Å². The molecule has 748 valence electrons. The maximum atomic E-state index is 13.1. The van der Waals surface area contributed by atoms with Crippen LogP contribution in [0.25, 0.3) is 85.8 Å². The molecule has 0 spiro atoms. The summed E-state index contributed by atoms with van der Waals surface area (Å²) < 4.78 is 213. The zero-order valence-corrected chi connectivity index (χ0v) is 75.5. The summed E-state index contributed by atoms with van der Waals surface area (Å²) in [5.74, 6) is 6.10. The van der Waals surface area contributed by atoms with Gasteiger partial charge in [0.15, 0.2) is 85.8 Å². The first-order valence-electron chi connectivity index (χ1n) is 45.2. The molecule has 54 heteroatoms. The number of nitrogens with zero attached hydrogens (tertiary/aromatic N) is 31. The normalized spacial score (nSPS) is 18.3. The molecule has 0 aromatic carbocycles. The lowest BCUT2D eigenvalue weighted by molar-refractivity contribution is -0.142. The molecule has 142 heavy (non-hydrogen) atoms. The van der Waals surface area contributed by atoms with Gasteiger partial charge in [-0.2, -0.15) is 65.9 Å². The van der Waals surface area contributed by atoms with E-state index in [9.17, 15) is 70.7 Å². The van der Waals surface area contributed by atoms with Crippen LogP contribution in [0.3, 0.4) is 0 Å². The van der Waals surface area contributed by atoms with Gasteiger partial charge in [-0.15, -0.1) is 0 Å². The Kier molecular flexibility index (Phi) is 29.8. The van der Waals surface area contributed by atoms with Gasteiger partial charge in [0, 0.05) is 153 Å². The van der Waals surface area contributed by atoms with E-state index < -0.39 is 59.4 Å². The van der Waals surface area contributed by atoms with E-state index in [1.54, 1.807) is 55.2 Å². The van der Waals surface area contributed by atoms with Crippen molar-refractivity contribution < 1.29 is 80.1 Å². The number of ether oxygens (including phenoxy) is 2. The molecule has 0 saturated carbocycles. The van der Waals surface area contributed by atoms with E-state index in [0.717, 1.165) is 171 Å². The number of nitrogens with two attached hydrogens (primary N) is 4. The van der Waals surface area contributed by atoms with Crippen LogP contribution in [0.1, 0.15) is 79.8 Å². The van der Waals surface area contributed by atoms with Crippen LogP contribution in [-0.4, -0.2) is 275 Å². The Morgan fingerprint density at radius 3 is 0.986 bits per heavy atom. The number of anilines is 5. The molecule has 1 amide bonds. The van der Waals surface area contributed by atoms with Crippen molar-refractivity contribution in [3.05, 3.63) is 183 Å². The van der Waals surface area contributed by atoms with Crippen molar-refractivity contribution in [1.29, 1.82) is 0 Å².